The molecule has 0 spiro atoms. The van der Waals surface area contributed by atoms with Crippen LogP contribution in [0.2, 0.25) is 0 Å². The Kier molecular flexibility index (Phi) is 6.70. The zero-order valence-corrected chi connectivity index (χ0v) is 20.2. The maximum atomic E-state index is 13.9. The van der Waals surface area contributed by atoms with Crippen molar-refractivity contribution in [3.63, 3.8) is 0 Å². The van der Waals surface area contributed by atoms with Crippen molar-refractivity contribution in [1.29, 1.82) is 0 Å². The summed E-state index contributed by atoms with van der Waals surface area (Å²) in [5.41, 5.74) is 4.90. The topological polar surface area (TPSA) is 66.5 Å². The number of nitrogens with one attached hydrogen (secondary N) is 1. The molecule has 6 heteroatoms. The van der Waals surface area contributed by atoms with E-state index in [1.807, 2.05) is 74.5 Å². The number of anilines is 2. The Morgan fingerprint density at radius 3 is 2.15 bits per heavy atom. The summed E-state index contributed by atoms with van der Waals surface area (Å²) < 4.78 is 29.2. The molecule has 34 heavy (non-hydrogen) atoms. The number of carbonyl (C=O) groups is 1. The number of carbonyl (C=O) groups excluding carboxylic acids is 1. The van der Waals surface area contributed by atoms with Gasteiger partial charge in [0.1, 0.15) is 0 Å². The number of benzene rings is 3. The van der Waals surface area contributed by atoms with Gasteiger partial charge in [0.25, 0.3) is 15.9 Å². The fourth-order valence-electron chi connectivity index (χ4n) is 4.40. The number of para-hydroxylation sites is 2. The lowest BCUT2D eigenvalue weighted by atomic mass is 9.95. The molecule has 0 unspecified atom stereocenters. The first kappa shape index (κ1) is 23.5. The van der Waals surface area contributed by atoms with Crippen molar-refractivity contribution in [1.82, 2.24) is 0 Å². The maximum absolute atomic E-state index is 13.9. The van der Waals surface area contributed by atoms with Gasteiger partial charge in [-0.1, -0.05) is 86.7 Å². The van der Waals surface area contributed by atoms with Crippen LogP contribution in [0, 0.1) is 0 Å². The summed E-state index contributed by atoms with van der Waals surface area (Å²) in [5, 5.41) is 2.97. The van der Waals surface area contributed by atoms with Crippen LogP contribution in [0.25, 0.3) is 5.57 Å². The first-order chi connectivity index (χ1) is 16.4. The first-order valence-electron chi connectivity index (χ1n) is 11.4. The highest BCUT2D eigenvalue weighted by molar-refractivity contribution is 7.97. The van der Waals surface area contributed by atoms with Gasteiger partial charge < -0.3 is 5.32 Å². The average molecular weight is 473 g/mol. The third kappa shape index (κ3) is 4.05. The van der Waals surface area contributed by atoms with Gasteiger partial charge in [-0.2, -0.15) is 0 Å². The molecule has 5 nitrogen and oxygen atoms in total. The number of rotatable bonds is 7. The average Bonchev–Trinajstić information content (AvgIpc) is 2.85. The number of hydrogen-bond acceptors (Lipinski definition) is 3. The molecular formula is C28H28N2O3S. The van der Waals surface area contributed by atoms with Gasteiger partial charge in [0.15, 0.2) is 4.91 Å². The van der Waals surface area contributed by atoms with Crippen molar-refractivity contribution in [2.45, 2.75) is 26.7 Å². The zero-order valence-electron chi connectivity index (χ0n) is 19.4. The summed E-state index contributed by atoms with van der Waals surface area (Å²) in [6, 6.07) is 22.3. The molecule has 0 fully saturated rings. The minimum Gasteiger partial charge on any atom is -0.321 e. The highest BCUT2D eigenvalue weighted by Gasteiger charge is 2.41. The van der Waals surface area contributed by atoms with Crippen molar-refractivity contribution in [3.8, 4) is 0 Å². The van der Waals surface area contributed by atoms with Crippen LogP contribution in [-0.4, -0.2) is 20.9 Å². The maximum Gasteiger partial charge on any atom is 0.270 e. The number of amides is 1. The summed E-state index contributed by atoms with van der Waals surface area (Å²) in [7, 11) is -4.17. The molecule has 1 amide bonds. The Labute approximate surface area is 201 Å². The van der Waals surface area contributed by atoms with Gasteiger partial charge in [-0.3, -0.25) is 9.10 Å². The van der Waals surface area contributed by atoms with Gasteiger partial charge in [0.2, 0.25) is 0 Å². The van der Waals surface area contributed by atoms with Crippen molar-refractivity contribution in [3.05, 3.63) is 113 Å². The standard InChI is InChI=1S/C28H28N2O3S/c1-4-19-30-24-18-11-10-17-23(24)25(22-13-8-7-9-14-22)27(34(30,32)33)28(31)29-26-20(5-2)15-12-16-21(26)6-3/h4,7-18H,1,5-6,19H2,2-3H3,(H,29,31). The highest BCUT2D eigenvalue weighted by atomic mass is 32.2. The fraction of sp³-hybridized carbons (Fsp3) is 0.179. The lowest BCUT2D eigenvalue weighted by molar-refractivity contribution is -0.112. The molecule has 0 radical (unpaired) electrons. The second kappa shape index (κ2) is 9.69. The van der Waals surface area contributed by atoms with Crippen LogP contribution in [0.15, 0.2) is 90.4 Å². The predicted molar refractivity (Wildman–Crippen MR) is 139 cm³/mol. The molecule has 0 bridgehead atoms. The van der Waals surface area contributed by atoms with E-state index < -0.39 is 15.9 Å². The molecule has 0 saturated heterocycles. The minimum atomic E-state index is -4.17. The Morgan fingerprint density at radius 2 is 1.53 bits per heavy atom. The Hall–Kier alpha value is -3.64. The van der Waals surface area contributed by atoms with Crippen LogP contribution in [0.5, 0.6) is 0 Å². The Morgan fingerprint density at radius 1 is 0.912 bits per heavy atom. The molecule has 1 aliphatic heterocycles. The zero-order chi connectivity index (χ0) is 24.3. The van der Waals surface area contributed by atoms with Crippen molar-refractivity contribution in [2.75, 3.05) is 16.2 Å². The fourth-order valence-corrected chi connectivity index (χ4v) is 6.11. The third-order valence-electron chi connectivity index (χ3n) is 6.02. The van der Waals surface area contributed by atoms with Crippen LogP contribution in [0.3, 0.4) is 0 Å². The summed E-state index contributed by atoms with van der Waals surface area (Å²) in [6.07, 6.45) is 2.96. The molecule has 174 valence electrons. The molecule has 3 aromatic carbocycles. The molecular weight excluding hydrogens is 444 g/mol. The molecule has 4 rings (SSSR count). The van der Waals surface area contributed by atoms with Gasteiger partial charge in [0.05, 0.1) is 12.2 Å². The van der Waals surface area contributed by atoms with Gasteiger partial charge in [-0.05, 0) is 35.6 Å². The van der Waals surface area contributed by atoms with Crippen molar-refractivity contribution >= 4 is 32.9 Å². The normalized spacial score (nSPS) is 14.5. The van der Waals surface area contributed by atoms with Gasteiger partial charge in [0, 0.05) is 16.8 Å². The molecule has 0 aromatic heterocycles. The smallest absolute Gasteiger partial charge is 0.270 e. The summed E-state index contributed by atoms with van der Waals surface area (Å²) in [4.78, 5) is 13.6. The van der Waals surface area contributed by atoms with E-state index in [2.05, 4.69) is 11.9 Å². The molecule has 3 aromatic rings. The predicted octanol–water partition coefficient (Wildman–Crippen LogP) is 5.55. The molecule has 1 heterocycles. The van der Waals surface area contributed by atoms with Crippen LogP contribution in [-0.2, 0) is 27.7 Å². The molecule has 0 atom stereocenters. The Balaban J connectivity index is 1.99. The lowest BCUT2D eigenvalue weighted by Crippen LogP contribution is -2.40. The SMILES string of the molecule is C=CCN1c2ccccc2C(c2ccccc2)=C(C(=O)Nc2c(CC)cccc2CC)S1(=O)=O. The second-order valence-corrected chi connectivity index (χ2v) is 9.82. The van der Waals surface area contributed by atoms with Crippen LogP contribution in [0.4, 0.5) is 11.4 Å². The van der Waals surface area contributed by atoms with E-state index in [-0.39, 0.29) is 11.4 Å². The molecule has 0 aliphatic carbocycles. The van der Waals surface area contributed by atoms with Gasteiger partial charge in [-0.25, -0.2) is 8.42 Å². The van der Waals surface area contributed by atoms with Crippen LogP contribution in [0.1, 0.15) is 36.1 Å². The van der Waals surface area contributed by atoms with Crippen LogP contribution < -0.4 is 9.62 Å². The molecule has 0 saturated carbocycles. The van der Waals surface area contributed by atoms with E-state index in [0.717, 1.165) is 11.1 Å². The van der Waals surface area contributed by atoms with Crippen molar-refractivity contribution < 1.29 is 13.2 Å². The number of hydrogen-bond donors (Lipinski definition) is 1. The van der Waals surface area contributed by atoms with Gasteiger partial charge >= 0.3 is 0 Å². The third-order valence-corrected chi connectivity index (χ3v) is 7.85. The van der Waals surface area contributed by atoms with Crippen LogP contribution >= 0.6 is 0 Å². The molecule has 1 N–H and O–H groups in total. The second-order valence-electron chi connectivity index (χ2n) is 8.02. The number of sulfonamides is 1. The van der Waals surface area contributed by atoms with E-state index in [4.69, 9.17) is 0 Å². The summed E-state index contributed by atoms with van der Waals surface area (Å²) in [5.74, 6) is -0.641. The first-order valence-corrected chi connectivity index (χ1v) is 12.8. The van der Waals surface area contributed by atoms with E-state index in [9.17, 15) is 13.2 Å². The summed E-state index contributed by atoms with van der Waals surface area (Å²) >= 11 is 0. The number of fused-ring (bicyclic) bond motifs is 1. The monoisotopic (exact) mass is 472 g/mol. The largest absolute Gasteiger partial charge is 0.321 e. The molecule has 1 aliphatic rings. The van der Waals surface area contributed by atoms with Crippen molar-refractivity contribution in [2.24, 2.45) is 0 Å². The van der Waals surface area contributed by atoms with E-state index in [0.29, 0.717) is 40.9 Å². The van der Waals surface area contributed by atoms with E-state index >= 15 is 0 Å². The van der Waals surface area contributed by atoms with E-state index in [1.54, 1.807) is 12.1 Å². The van der Waals surface area contributed by atoms with E-state index in [1.165, 1.54) is 10.4 Å². The summed E-state index contributed by atoms with van der Waals surface area (Å²) in [6.45, 7) is 7.82. The number of nitrogens with zero attached hydrogens (tertiary/aromatic N) is 1. The highest BCUT2D eigenvalue weighted by Crippen LogP contribution is 2.43. The van der Waals surface area contributed by atoms with Gasteiger partial charge in [-0.15, -0.1) is 6.58 Å². The quantitative estimate of drug-likeness (QED) is 0.459. The Bertz CT molecular complexity index is 1350. The lowest BCUT2D eigenvalue weighted by Gasteiger charge is -2.33. The number of aryl methyl sites for hydroxylation is 2. The minimum absolute atomic E-state index is 0.0595.